The first kappa shape index (κ1) is 24.3. The zero-order valence-electron chi connectivity index (χ0n) is 19.4. The summed E-state index contributed by atoms with van der Waals surface area (Å²) >= 11 is 0. The van der Waals surface area contributed by atoms with Gasteiger partial charge in [-0.1, -0.05) is 36.4 Å². The molecule has 2 aliphatic heterocycles. The van der Waals surface area contributed by atoms with Gasteiger partial charge in [0.1, 0.15) is 12.6 Å². The van der Waals surface area contributed by atoms with Crippen LogP contribution in [-0.4, -0.2) is 78.4 Å². The van der Waals surface area contributed by atoms with Crippen molar-refractivity contribution < 1.29 is 33.7 Å². The Bertz CT molecular complexity index is 1050. The Morgan fingerprint density at radius 3 is 2.49 bits per heavy atom. The summed E-state index contributed by atoms with van der Waals surface area (Å²) < 4.78 is 16.0. The highest BCUT2D eigenvalue weighted by Gasteiger charge is 2.28. The third kappa shape index (κ3) is 6.42. The highest BCUT2D eigenvalue weighted by molar-refractivity contribution is 5.88. The molecule has 0 unspecified atom stereocenters. The first-order chi connectivity index (χ1) is 17.0. The summed E-state index contributed by atoms with van der Waals surface area (Å²) in [6, 6.07) is 13.6. The molecule has 2 aromatic rings. The van der Waals surface area contributed by atoms with Crippen LogP contribution >= 0.6 is 0 Å². The molecule has 10 heteroatoms. The molecule has 2 heterocycles. The van der Waals surface area contributed by atoms with E-state index < -0.39 is 24.6 Å². The second kappa shape index (κ2) is 11.6. The van der Waals surface area contributed by atoms with Crippen molar-refractivity contribution in [3.05, 3.63) is 59.7 Å². The molecule has 2 aliphatic rings. The smallest absolute Gasteiger partial charge is 0.410 e. The molecular weight excluding hydrogens is 454 g/mol. The van der Waals surface area contributed by atoms with Crippen molar-refractivity contribution >= 4 is 17.9 Å². The predicted octanol–water partition coefficient (Wildman–Crippen LogP) is 1.31. The van der Waals surface area contributed by atoms with Crippen molar-refractivity contribution in [2.24, 2.45) is 0 Å². The minimum Gasteiger partial charge on any atom is -0.454 e. The van der Waals surface area contributed by atoms with E-state index in [9.17, 15) is 19.5 Å². The predicted molar refractivity (Wildman–Crippen MR) is 125 cm³/mol. The van der Waals surface area contributed by atoms with Gasteiger partial charge in [-0.3, -0.25) is 9.59 Å². The number of aliphatic hydroxyl groups is 1. The number of amides is 3. The number of nitrogens with one attached hydrogen (secondary N) is 1. The lowest BCUT2D eigenvalue weighted by Crippen LogP contribution is -2.51. The van der Waals surface area contributed by atoms with Gasteiger partial charge in [0.05, 0.1) is 13.0 Å². The van der Waals surface area contributed by atoms with Gasteiger partial charge in [-0.05, 0) is 29.7 Å². The number of fused-ring (bicyclic) bond motifs is 1. The molecule has 0 aliphatic carbocycles. The molecule has 0 saturated carbocycles. The first-order valence-electron chi connectivity index (χ1n) is 11.6. The molecule has 1 fully saturated rings. The van der Waals surface area contributed by atoms with Crippen molar-refractivity contribution in [2.75, 3.05) is 39.6 Å². The summed E-state index contributed by atoms with van der Waals surface area (Å²) in [7, 11) is 0. The number of benzene rings is 2. The van der Waals surface area contributed by atoms with Crippen LogP contribution < -0.4 is 14.8 Å². The zero-order valence-corrected chi connectivity index (χ0v) is 19.4. The number of rotatable bonds is 7. The number of carbonyl (C=O) groups is 3. The topological polar surface area (TPSA) is 118 Å². The Morgan fingerprint density at radius 2 is 1.69 bits per heavy atom. The fourth-order valence-electron chi connectivity index (χ4n) is 4.02. The molecule has 35 heavy (non-hydrogen) atoms. The van der Waals surface area contributed by atoms with E-state index in [1.54, 1.807) is 28.0 Å². The number of aliphatic hydroxyl groups excluding tert-OH is 1. The fraction of sp³-hybridized carbons (Fsp3) is 0.400. The Labute approximate surface area is 203 Å². The van der Waals surface area contributed by atoms with Gasteiger partial charge in [0, 0.05) is 26.2 Å². The summed E-state index contributed by atoms with van der Waals surface area (Å²) in [5, 5.41) is 12.4. The van der Waals surface area contributed by atoms with Gasteiger partial charge in [-0.15, -0.1) is 0 Å². The average Bonchev–Trinajstić information content (AvgIpc) is 3.20. The summed E-state index contributed by atoms with van der Waals surface area (Å²) in [6.45, 7) is 1.26. The third-order valence-corrected chi connectivity index (χ3v) is 5.89. The monoisotopic (exact) mass is 483 g/mol. The van der Waals surface area contributed by atoms with E-state index in [-0.39, 0.29) is 32.3 Å². The van der Waals surface area contributed by atoms with Crippen LogP contribution in [0.5, 0.6) is 11.5 Å². The Kier molecular flexibility index (Phi) is 8.04. The molecule has 1 saturated heterocycles. The molecule has 0 spiro atoms. The normalized spacial score (nSPS) is 15.8. The second-order valence-electron chi connectivity index (χ2n) is 8.37. The van der Waals surface area contributed by atoms with E-state index in [2.05, 4.69) is 5.32 Å². The van der Waals surface area contributed by atoms with Crippen LogP contribution in [0, 0.1) is 0 Å². The highest BCUT2D eigenvalue weighted by Crippen LogP contribution is 2.32. The van der Waals surface area contributed by atoms with E-state index in [1.165, 1.54) is 0 Å². The minimum absolute atomic E-state index is 0.0292. The number of hydrogen-bond acceptors (Lipinski definition) is 7. The van der Waals surface area contributed by atoms with Gasteiger partial charge in [0.25, 0.3) is 0 Å². The Hall–Kier alpha value is -3.79. The number of carbonyl (C=O) groups excluding carboxylic acids is 3. The lowest BCUT2D eigenvalue weighted by molar-refractivity contribution is -0.137. The van der Waals surface area contributed by atoms with Crippen LogP contribution in [0.1, 0.15) is 17.5 Å². The number of nitrogens with zero attached hydrogens (tertiary/aromatic N) is 2. The summed E-state index contributed by atoms with van der Waals surface area (Å²) in [4.78, 5) is 41.1. The zero-order chi connectivity index (χ0) is 24.6. The molecule has 1 atom stereocenters. The van der Waals surface area contributed by atoms with Gasteiger partial charge >= 0.3 is 6.09 Å². The van der Waals surface area contributed by atoms with Crippen molar-refractivity contribution in [3.8, 4) is 11.5 Å². The van der Waals surface area contributed by atoms with Crippen LogP contribution in [0.4, 0.5) is 4.79 Å². The summed E-state index contributed by atoms with van der Waals surface area (Å²) in [5.41, 5.74) is 1.60. The number of ether oxygens (including phenoxy) is 3. The lowest BCUT2D eigenvalue weighted by Gasteiger charge is -2.26. The molecular formula is C25H29N3O7. The van der Waals surface area contributed by atoms with E-state index in [1.807, 2.05) is 30.3 Å². The van der Waals surface area contributed by atoms with Crippen molar-refractivity contribution in [2.45, 2.75) is 25.5 Å². The van der Waals surface area contributed by atoms with Crippen LogP contribution in [0.25, 0.3) is 0 Å². The molecule has 0 bridgehead atoms. The fourth-order valence-corrected chi connectivity index (χ4v) is 4.02. The summed E-state index contributed by atoms with van der Waals surface area (Å²) in [5.74, 6) is 0.418. The summed E-state index contributed by atoms with van der Waals surface area (Å²) in [6.07, 6.45) is 0.163. The SMILES string of the molecule is O=C(Cc1ccc2c(c1)OCO2)N[C@@H](CO)C(=O)N1CCCN(C(=O)OCc2ccccc2)CC1. The van der Waals surface area contributed by atoms with E-state index >= 15 is 0 Å². The molecule has 186 valence electrons. The molecule has 4 rings (SSSR count). The lowest BCUT2D eigenvalue weighted by atomic mass is 10.1. The van der Waals surface area contributed by atoms with Gasteiger partial charge in [-0.2, -0.15) is 0 Å². The molecule has 10 nitrogen and oxygen atoms in total. The maximum atomic E-state index is 13.0. The number of hydrogen-bond donors (Lipinski definition) is 2. The molecule has 2 aromatic carbocycles. The van der Waals surface area contributed by atoms with Gasteiger partial charge in [0.2, 0.25) is 18.6 Å². The van der Waals surface area contributed by atoms with Gasteiger partial charge in [0.15, 0.2) is 11.5 Å². The van der Waals surface area contributed by atoms with E-state index in [4.69, 9.17) is 14.2 Å². The highest BCUT2D eigenvalue weighted by atomic mass is 16.7. The first-order valence-corrected chi connectivity index (χ1v) is 11.6. The maximum absolute atomic E-state index is 13.0. The van der Waals surface area contributed by atoms with Crippen molar-refractivity contribution in [1.29, 1.82) is 0 Å². The molecule has 0 aromatic heterocycles. The maximum Gasteiger partial charge on any atom is 0.410 e. The van der Waals surface area contributed by atoms with Crippen LogP contribution in [0.2, 0.25) is 0 Å². The second-order valence-corrected chi connectivity index (χ2v) is 8.37. The standard InChI is InChI=1S/C25H29N3O7/c29-15-20(26-23(30)14-19-7-8-21-22(13-19)35-17-34-21)24(31)27-9-4-10-28(12-11-27)25(32)33-16-18-5-2-1-3-6-18/h1-3,5-8,13,20,29H,4,9-12,14-17H2,(H,26,30)/t20-/m0/s1. The van der Waals surface area contributed by atoms with Crippen molar-refractivity contribution in [1.82, 2.24) is 15.1 Å². The van der Waals surface area contributed by atoms with Crippen molar-refractivity contribution in [3.63, 3.8) is 0 Å². The van der Waals surface area contributed by atoms with E-state index in [0.29, 0.717) is 43.1 Å². The quantitative estimate of drug-likeness (QED) is 0.610. The Morgan fingerprint density at radius 1 is 0.943 bits per heavy atom. The van der Waals surface area contributed by atoms with Gasteiger partial charge in [-0.25, -0.2) is 4.79 Å². The van der Waals surface area contributed by atoms with Crippen LogP contribution in [-0.2, 0) is 27.4 Å². The molecule has 3 amide bonds. The molecule has 0 radical (unpaired) electrons. The third-order valence-electron chi connectivity index (χ3n) is 5.89. The average molecular weight is 484 g/mol. The van der Waals surface area contributed by atoms with Gasteiger partial charge < -0.3 is 34.4 Å². The Balaban J connectivity index is 1.26. The van der Waals surface area contributed by atoms with Crippen LogP contribution in [0.3, 0.4) is 0 Å². The van der Waals surface area contributed by atoms with Crippen LogP contribution in [0.15, 0.2) is 48.5 Å². The van der Waals surface area contributed by atoms with E-state index in [0.717, 1.165) is 5.56 Å². The largest absolute Gasteiger partial charge is 0.454 e. The minimum atomic E-state index is -1.06. The molecule has 2 N–H and O–H groups in total.